The van der Waals surface area contributed by atoms with Gasteiger partial charge in [0, 0.05) is 0 Å². The van der Waals surface area contributed by atoms with Gasteiger partial charge in [0.15, 0.2) is 0 Å². The summed E-state index contributed by atoms with van der Waals surface area (Å²) in [6, 6.07) is 5.67. The minimum absolute atomic E-state index is 0.373. The fraction of sp³-hybridized carbons (Fsp3) is 0.739. The first-order valence-electron chi connectivity index (χ1n) is 11.1. The minimum atomic E-state index is -4.73. The van der Waals surface area contributed by atoms with Crippen LogP contribution >= 0.6 is 7.28 Å². The fourth-order valence-corrected chi connectivity index (χ4v) is 5.13. The molecule has 1 aromatic carbocycles. The molecule has 0 saturated heterocycles. The van der Waals surface area contributed by atoms with Gasteiger partial charge in [0.05, 0.1) is 0 Å². The Morgan fingerprint density at radius 3 is 1.67 bits per heavy atom. The average molecular weight is 399 g/mol. The van der Waals surface area contributed by atoms with Crippen LogP contribution in [-0.4, -0.2) is 21.3 Å². The molecule has 0 aliphatic carbocycles. The number of hydrogen-bond acceptors (Lipinski definition) is 3. The van der Waals surface area contributed by atoms with Crippen molar-refractivity contribution in [2.75, 3.05) is 6.66 Å². The van der Waals surface area contributed by atoms with Gasteiger partial charge in [-0.05, 0) is 0 Å². The maximum absolute atomic E-state index is 10.3. The predicted octanol–water partition coefficient (Wildman–Crippen LogP) is 6.02. The van der Waals surface area contributed by atoms with E-state index in [0.29, 0.717) is 5.30 Å². The maximum atomic E-state index is 10.3. The van der Waals surface area contributed by atoms with Gasteiger partial charge in [-0.3, -0.25) is 0 Å². The van der Waals surface area contributed by atoms with Crippen LogP contribution in [0.1, 0.15) is 102 Å². The van der Waals surface area contributed by atoms with Gasteiger partial charge in [-0.1, -0.05) is 0 Å². The van der Waals surface area contributed by atoms with Crippen molar-refractivity contribution < 1.29 is 14.7 Å². The normalized spacial score (nSPS) is 13.5. The topological polar surface area (TPSA) is 60.7 Å². The molecule has 0 atom stereocenters. The zero-order valence-electron chi connectivity index (χ0n) is 17.9. The Morgan fingerprint density at radius 2 is 1.15 bits per heavy atom. The van der Waals surface area contributed by atoms with Crippen LogP contribution < -0.4 is 5.30 Å². The summed E-state index contributed by atoms with van der Waals surface area (Å²) in [7, 11) is -4.73. The molecule has 27 heavy (non-hydrogen) atoms. The molecule has 158 valence electrons. The number of rotatable bonds is 15. The van der Waals surface area contributed by atoms with E-state index in [1.54, 1.807) is 6.07 Å². The van der Waals surface area contributed by atoms with Gasteiger partial charge >= 0.3 is 167 Å². The quantitative estimate of drug-likeness (QED) is 0.250. The SMILES string of the molecule is CCCCCCCCc1cccc(P(C)(O)(O)O)c1CCCCCCCC. The molecule has 0 aliphatic heterocycles. The summed E-state index contributed by atoms with van der Waals surface area (Å²) >= 11 is 0. The van der Waals surface area contributed by atoms with E-state index in [0.717, 1.165) is 37.7 Å². The van der Waals surface area contributed by atoms with Gasteiger partial charge in [-0.25, -0.2) is 0 Å². The van der Waals surface area contributed by atoms with Crippen LogP contribution in [0.25, 0.3) is 0 Å². The summed E-state index contributed by atoms with van der Waals surface area (Å²) in [5, 5.41) is 0.373. The first-order chi connectivity index (χ1) is 12.8. The van der Waals surface area contributed by atoms with Crippen LogP contribution in [0, 0.1) is 0 Å². The molecule has 0 unspecified atom stereocenters. The zero-order valence-corrected chi connectivity index (χ0v) is 18.8. The number of hydrogen-bond donors (Lipinski definition) is 3. The molecule has 0 aliphatic rings. The molecule has 4 heteroatoms. The summed E-state index contributed by atoms with van der Waals surface area (Å²) in [4.78, 5) is 31.0. The van der Waals surface area contributed by atoms with Crippen LogP contribution in [0.5, 0.6) is 0 Å². The summed E-state index contributed by atoms with van der Waals surface area (Å²) in [5.41, 5.74) is 2.17. The van der Waals surface area contributed by atoms with Crippen LogP contribution in [0.3, 0.4) is 0 Å². The van der Waals surface area contributed by atoms with E-state index in [1.165, 1.54) is 70.0 Å². The Labute approximate surface area is 167 Å². The standard InChI is InChI=1S/C23H43O3P/c1-4-6-8-10-12-14-17-21-18-16-20-23(27(3,24,25)26)22(21)19-15-13-11-9-7-5-2/h16,18,20,24-26H,4-15,17,19H2,1-3H3. The van der Waals surface area contributed by atoms with Crippen molar-refractivity contribution in [3.63, 3.8) is 0 Å². The van der Waals surface area contributed by atoms with Crippen molar-refractivity contribution in [2.45, 2.75) is 104 Å². The molecule has 0 saturated carbocycles. The number of aryl methyl sites for hydroxylation is 1. The second-order valence-corrected chi connectivity index (χ2v) is 11.6. The summed E-state index contributed by atoms with van der Waals surface area (Å²) in [6.07, 6.45) is 16.5. The summed E-state index contributed by atoms with van der Waals surface area (Å²) < 4.78 is 0. The van der Waals surface area contributed by atoms with Crippen LogP contribution in [0.4, 0.5) is 0 Å². The molecule has 0 amide bonds. The van der Waals surface area contributed by atoms with Crippen LogP contribution in [0.15, 0.2) is 18.2 Å². The van der Waals surface area contributed by atoms with Crippen molar-refractivity contribution in [1.82, 2.24) is 0 Å². The third-order valence-corrected chi connectivity index (χ3v) is 6.94. The van der Waals surface area contributed by atoms with Crippen LogP contribution in [0.2, 0.25) is 0 Å². The van der Waals surface area contributed by atoms with E-state index in [4.69, 9.17) is 0 Å². The van der Waals surface area contributed by atoms with E-state index in [2.05, 4.69) is 19.9 Å². The molecule has 1 rings (SSSR count). The molecule has 0 fully saturated rings. The van der Waals surface area contributed by atoms with Crippen molar-refractivity contribution >= 4 is 12.6 Å². The molecule has 1 aromatic rings. The van der Waals surface area contributed by atoms with E-state index in [9.17, 15) is 14.7 Å². The van der Waals surface area contributed by atoms with Gasteiger partial charge in [0.2, 0.25) is 0 Å². The second kappa shape index (κ2) is 12.2. The monoisotopic (exact) mass is 398 g/mol. The third kappa shape index (κ3) is 10.0. The Kier molecular flexibility index (Phi) is 11.1. The molecule has 0 aromatic heterocycles. The van der Waals surface area contributed by atoms with Gasteiger partial charge < -0.3 is 0 Å². The number of unbranched alkanes of at least 4 members (excludes halogenated alkanes) is 10. The first-order valence-corrected chi connectivity index (χ1v) is 13.7. The Hall–Kier alpha value is -0.470. The molecule has 0 spiro atoms. The Balaban J connectivity index is 2.75. The molecule has 3 nitrogen and oxygen atoms in total. The van der Waals surface area contributed by atoms with Gasteiger partial charge in [-0.2, -0.15) is 0 Å². The molecular formula is C23H43O3P. The molecular weight excluding hydrogens is 355 g/mol. The molecule has 0 bridgehead atoms. The van der Waals surface area contributed by atoms with Gasteiger partial charge in [0.1, 0.15) is 0 Å². The van der Waals surface area contributed by atoms with E-state index in [1.807, 2.05) is 6.07 Å². The second-order valence-electron chi connectivity index (χ2n) is 8.34. The summed E-state index contributed by atoms with van der Waals surface area (Å²) in [6.45, 7) is 5.65. The average Bonchev–Trinajstić information content (AvgIpc) is 2.60. The number of benzene rings is 1. The van der Waals surface area contributed by atoms with Crippen molar-refractivity contribution in [1.29, 1.82) is 0 Å². The molecule has 0 radical (unpaired) electrons. The van der Waals surface area contributed by atoms with Crippen molar-refractivity contribution in [3.8, 4) is 0 Å². The fourth-order valence-electron chi connectivity index (χ4n) is 3.81. The zero-order chi connectivity index (χ0) is 20.2. The van der Waals surface area contributed by atoms with Crippen LogP contribution in [-0.2, 0) is 12.8 Å². The van der Waals surface area contributed by atoms with E-state index in [-0.39, 0.29) is 0 Å². The van der Waals surface area contributed by atoms with Gasteiger partial charge in [-0.15, -0.1) is 0 Å². The van der Waals surface area contributed by atoms with Crippen molar-refractivity contribution in [3.05, 3.63) is 29.3 Å². The van der Waals surface area contributed by atoms with E-state index >= 15 is 0 Å². The summed E-state index contributed by atoms with van der Waals surface area (Å²) in [5.74, 6) is 0. The predicted molar refractivity (Wildman–Crippen MR) is 120 cm³/mol. The van der Waals surface area contributed by atoms with E-state index < -0.39 is 7.28 Å². The Bertz CT molecular complexity index is 525. The molecule has 0 heterocycles. The first kappa shape index (κ1) is 24.6. The third-order valence-electron chi connectivity index (χ3n) is 5.39. The van der Waals surface area contributed by atoms with Crippen molar-refractivity contribution in [2.24, 2.45) is 0 Å². The Morgan fingerprint density at radius 1 is 0.667 bits per heavy atom. The molecule has 3 N–H and O–H groups in total. The van der Waals surface area contributed by atoms with Gasteiger partial charge in [0.25, 0.3) is 0 Å².